The van der Waals surface area contributed by atoms with Gasteiger partial charge in [0.25, 0.3) is 5.91 Å². The molecule has 2 heterocycles. The summed E-state index contributed by atoms with van der Waals surface area (Å²) in [5.41, 5.74) is 4.49. The molecule has 4 rings (SSSR count). The number of piperazine rings is 1. The molecule has 11 heteroatoms. The number of nitrogens with one attached hydrogen (secondary N) is 1. The van der Waals surface area contributed by atoms with Gasteiger partial charge in [-0.1, -0.05) is 42.8 Å². The Kier molecular flexibility index (Phi) is 14.6. The lowest BCUT2D eigenvalue weighted by Crippen LogP contribution is -2.50. The highest BCUT2D eigenvalue weighted by molar-refractivity contribution is 6.31. The summed E-state index contributed by atoms with van der Waals surface area (Å²) in [5.74, 6) is 0.625. The van der Waals surface area contributed by atoms with Gasteiger partial charge in [-0.15, -0.1) is 37.2 Å². The summed E-state index contributed by atoms with van der Waals surface area (Å²) in [5, 5.41) is 14.3. The molecule has 2 N–H and O–H groups in total. The van der Waals surface area contributed by atoms with Crippen molar-refractivity contribution in [1.82, 2.24) is 19.8 Å². The first-order valence-corrected chi connectivity index (χ1v) is 13.1. The molecule has 0 radical (unpaired) electrons. The van der Waals surface area contributed by atoms with Gasteiger partial charge in [0.2, 0.25) is 0 Å². The van der Waals surface area contributed by atoms with Gasteiger partial charge in [-0.25, -0.2) is 4.98 Å². The standard InChI is InChI=1S/C28H36ClN5O2.3ClH/c1-4-9-26-31-27(21(3)34(26)22-10-6-5-7-11-22)28(36)30-18-23(35)19-32-14-16-33(17-15-32)25-13-8-12-24(29)20(25)2;;;/h5-8,10-13,23,35H,4,9,14-19H2,1-3H3,(H,30,36);3*1H. The Morgan fingerprint density at radius 2 is 1.69 bits per heavy atom. The zero-order chi connectivity index (χ0) is 25.7. The topological polar surface area (TPSA) is 73.6 Å². The molecule has 1 amide bonds. The molecule has 3 aromatic rings. The average Bonchev–Trinajstić information content (AvgIpc) is 3.21. The smallest absolute Gasteiger partial charge is 0.271 e. The van der Waals surface area contributed by atoms with E-state index >= 15 is 0 Å². The third kappa shape index (κ3) is 8.49. The van der Waals surface area contributed by atoms with Crippen LogP contribution in [-0.2, 0) is 6.42 Å². The highest BCUT2D eigenvalue weighted by Crippen LogP contribution is 2.27. The van der Waals surface area contributed by atoms with Gasteiger partial charge in [0.05, 0.1) is 11.8 Å². The quantitative estimate of drug-likeness (QED) is 0.342. The number of carbonyl (C=O) groups is 1. The number of β-amino-alcohol motifs (C(OH)–C–C–N with tert-alkyl or cyclic N) is 1. The van der Waals surface area contributed by atoms with Gasteiger partial charge < -0.3 is 19.9 Å². The first-order chi connectivity index (χ1) is 17.4. The van der Waals surface area contributed by atoms with Crippen LogP contribution in [0.4, 0.5) is 5.69 Å². The predicted octanol–water partition coefficient (Wildman–Crippen LogP) is 5.27. The van der Waals surface area contributed by atoms with Crippen LogP contribution in [0.5, 0.6) is 0 Å². The maximum Gasteiger partial charge on any atom is 0.271 e. The minimum atomic E-state index is -0.653. The number of nitrogens with zero attached hydrogens (tertiary/aromatic N) is 4. The van der Waals surface area contributed by atoms with Crippen LogP contribution in [0.15, 0.2) is 48.5 Å². The van der Waals surface area contributed by atoms with Crippen molar-refractivity contribution >= 4 is 60.4 Å². The number of aryl methyl sites for hydroxylation is 1. The largest absolute Gasteiger partial charge is 0.390 e. The molecule has 1 aromatic heterocycles. The molecule has 1 aliphatic rings. The normalized spacial score (nSPS) is 14.0. The lowest BCUT2D eigenvalue weighted by Gasteiger charge is -2.37. The van der Waals surface area contributed by atoms with Crippen LogP contribution in [0, 0.1) is 13.8 Å². The Morgan fingerprint density at radius 3 is 2.33 bits per heavy atom. The zero-order valence-electron chi connectivity index (χ0n) is 22.6. The van der Waals surface area contributed by atoms with Gasteiger partial charge >= 0.3 is 0 Å². The number of imidazole rings is 1. The minimum absolute atomic E-state index is 0. The summed E-state index contributed by atoms with van der Waals surface area (Å²) in [7, 11) is 0. The highest BCUT2D eigenvalue weighted by Gasteiger charge is 2.23. The molecular formula is C28H39Cl4N5O2. The van der Waals surface area contributed by atoms with Crippen molar-refractivity contribution in [1.29, 1.82) is 0 Å². The van der Waals surface area contributed by atoms with Gasteiger partial charge in [-0.3, -0.25) is 9.69 Å². The summed E-state index contributed by atoms with van der Waals surface area (Å²) in [6.45, 7) is 10.2. The monoisotopic (exact) mass is 617 g/mol. The number of hydrogen-bond acceptors (Lipinski definition) is 5. The predicted molar refractivity (Wildman–Crippen MR) is 167 cm³/mol. The summed E-state index contributed by atoms with van der Waals surface area (Å²) < 4.78 is 2.05. The van der Waals surface area contributed by atoms with Crippen LogP contribution >= 0.6 is 48.8 Å². The van der Waals surface area contributed by atoms with E-state index in [4.69, 9.17) is 11.6 Å². The fraction of sp³-hybridized carbons (Fsp3) is 0.429. The fourth-order valence-corrected chi connectivity index (χ4v) is 5.02. The van der Waals surface area contributed by atoms with E-state index in [1.54, 1.807) is 0 Å². The van der Waals surface area contributed by atoms with E-state index in [0.29, 0.717) is 12.2 Å². The molecule has 2 aromatic carbocycles. The van der Waals surface area contributed by atoms with Crippen molar-refractivity contribution in [3.05, 3.63) is 76.3 Å². The van der Waals surface area contributed by atoms with E-state index in [1.165, 1.54) is 5.69 Å². The maximum absolute atomic E-state index is 13.0. The van der Waals surface area contributed by atoms with Gasteiger partial charge in [0.1, 0.15) is 11.5 Å². The van der Waals surface area contributed by atoms with Crippen molar-refractivity contribution in [3.8, 4) is 5.69 Å². The lowest BCUT2D eigenvalue weighted by molar-refractivity contribution is 0.0847. The number of carbonyl (C=O) groups excluding carboxylic acids is 1. The molecule has 39 heavy (non-hydrogen) atoms. The second-order valence-electron chi connectivity index (χ2n) is 9.42. The van der Waals surface area contributed by atoms with E-state index < -0.39 is 6.10 Å². The molecule has 0 bridgehead atoms. The SMILES string of the molecule is CCCc1nc(C(=O)NCC(O)CN2CCN(c3cccc(Cl)c3C)CC2)c(C)n1-c1ccccc1.Cl.Cl.Cl. The summed E-state index contributed by atoms with van der Waals surface area (Å²) in [6, 6.07) is 16.0. The van der Waals surface area contributed by atoms with Crippen LogP contribution in [0.25, 0.3) is 5.69 Å². The summed E-state index contributed by atoms with van der Waals surface area (Å²) >= 11 is 6.29. The average molecular weight is 619 g/mol. The molecule has 0 spiro atoms. The van der Waals surface area contributed by atoms with E-state index in [1.807, 2.05) is 56.3 Å². The van der Waals surface area contributed by atoms with E-state index in [9.17, 15) is 9.90 Å². The number of halogens is 4. The molecule has 0 saturated carbocycles. The molecule has 1 atom stereocenters. The number of anilines is 1. The van der Waals surface area contributed by atoms with Crippen molar-refractivity contribution in [2.75, 3.05) is 44.2 Å². The minimum Gasteiger partial charge on any atom is -0.390 e. The first-order valence-electron chi connectivity index (χ1n) is 12.7. The van der Waals surface area contributed by atoms with Gasteiger partial charge in [0, 0.05) is 62.1 Å². The second-order valence-corrected chi connectivity index (χ2v) is 9.83. The molecule has 0 aliphatic carbocycles. The molecular weight excluding hydrogens is 580 g/mol. The summed E-state index contributed by atoms with van der Waals surface area (Å²) in [4.78, 5) is 22.2. The number of aliphatic hydroxyl groups is 1. The van der Waals surface area contributed by atoms with E-state index in [2.05, 4.69) is 37.7 Å². The van der Waals surface area contributed by atoms with Crippen molar-refractivity contribution in [2.45, 2.75) is 39.7 Å². The number of aliphatic hydroxyl groups excluding tert-OH is 1. The number of benzene rings is 2. The van der Waals surface area contributed by atoms with Crippen LogP contribution in [0.3, 0.4) is 0 Å². The lowest BCUT2D eigenvalue weighted by atomic mass is 10.1. The van der Waals surface area contributed by atoms with Crippen LogP contribution in [-0.4, -0.2) is 70.8 Å². The van der Waals surface area contributed by atoms with Crippen LogP contribution in [0.1, 0.15) is 40.9 Å². The Morgan fingerprint density at radius 1 is 1.03 bits per heavy atom. The maximum atomic E-state index is 13.0. The van der Waals surface area contributed by atoms with Gasteiger partial charge in [-0.2, -0.15) is 0 Å². The second kappa shape index (κ2) is 16.3. The first kappa shape index (κ1) is 35.0. The van der Waals surface area contributed by atoms with Crippen molar-refractivity contribution in [2.24, 2.45) is 0 Å². The third-order valence-corrected chi connectivity index (χ3v) is 7.21. The Bertz CT molecular complexity index is 1180. The number of amides is 1. The molecule has 1 saturated heterocycles. The number of aromatic nitrogens is 2. The number of rotatable bonds is 9. The highest BCUT2D eigenvalue weighted by atomic mass is 35.5. The summed E-state index contributed by atoms with van der Waals surface area (Å²) in [6.07, 6.45) is 1.07. The fourth-order valence-electron chi connectivity index (χ4n) is 4.85. The van der Waals surface area contributed by atoms with Crippen molar-refractivity contribution < 1.29 is 9.90 Å². The van der Waals surface area contributed by atoms with Gasteiger partial charge in [-0.05, 0) is 50.1 Å². The van der Waals surface area contributed by atoms with Crippen molar-refractivity contribution in [3.63, 3.8) is 0 Å². The Labute approximate surface area is 255 Å². The number of para-hydroxylation sites is 1. The van der Waals surface area contributed by atoms with Crippen LogP contribution in [0.2, 0.25) is 5.02 Å². The van der Waals surface area contributed by atoms with Crippen LogP contribution < -0.4 is 10.2 Å². The number of hydrogen-bond donors (Lipinski definition) is 2. The molecule has 216 valence electrons. The molecule has 1 aliphatic heterocycles. The third-order valence-electron chi connectivity index (χ3n) is 6.80. The molecule has 7 nitrogen and oxygen atoms in total. The Balaban J connectivity index is 0.00000253. The Hall–Kier alpha value is -2.00. The van der Waals surface area contributed by atoms with Gasteiger partial charge in [0.15, 0.2) is 0 Å². The van der Waals surface area contributed by atoms with E-state index in [-0.39, 0.29) is 49.7 Å². The zero-order valence-corrected chi connectivity index (χ0v) is 25.8. The van der Waals surface area contributed by atoms with E-state index in [0.717, 1.165) is 66.8 Å². The molecule has 1 unspecified atom stereocenters. The molecule has 1 fully saturated rings.